The van der Waals surface area contributed by atoms with Crippen molar-refractivity contribution in [2.45, 2.75) is 31.9 Å². The molecule has 0 radical (unpaired) electrons. The van der Waals surface area contributed by atoms with Gasteiger partial charge in [-0.25, -0.2) is 12.8 Å². The van der Waals surface area contributed by atoms with Crippen molar-refractivity contribution in [1.29, 1.82) is 0 Å². The fourth-order valence-electron chi connectivity index (χ4n) is 3.02. The minimum atomic E-state index is -3.11. The van der Waals surface area contributed by atoms with E-state index >= 15 is 0 Å². The van der Waals surface area contributed by atoms with E-state index in [1.165, 1.54) is 19.9 Å². The second-order valence-electron chi connectivity index (χ2n) is 7.06. The Balaban J connectivity index is 1.97. The van der Waals surface area contributed by atoms with E-state index in [4.69, 9.17) is 0 Å². The third kappa shape index (κ3) is 2.89. The maximum Gasteiger partial charge on any atom is 0.251 e. The summed E-state index contributed by atoms with van der Waals surface area (Å²) in [5.41, 5.74) is -1.77. The standard InChI is InChI=1S/C15H18FN3O4S/c1-14(2,21)12-9-4-8(5-10(16)11(9)18-19-12)13(20)17-15(3)6-24(22,23)7-15/h4-5,21H,6-7H2,1-3H3,(H,17,20)(H,18,19). The summed E-state index contributed by atoms with van der Waals surface area (Å²) in [6, 6.07) is 2.48. The first kappa shape index (κ1) is 16.8. The van der Waals surface area contributed by atoms with Crippen molar-refractivity contribution in [3.63, 3.8) is 0 Å². The first-order valence-corrected chi connectivity index (χ1v) is 9.16. The second-order valence-corrected chi connectivity index (χ2v) is 9.12. The van der Waals surface area contributed by atoms with Crippen molar-refractivity contribution < 1.29 is 22.7 Å². The van der Waals surface area contributed by atoms with Gasteiger partial charge >= 0.3 is 0 Å². The van der Waals surface area contributed by atoms with Crippen LogP contribution in [0, 0.1) is 5.82 Å². The largest absolute Gasteiger partial charge is 0.384 e. The van der Waals surface area contributed by atoms with Crippen LogP contribution in [-0.2, 0) is 15.4 Å². The molecule has 9 heteroatoms. The van der Waals surface area contributed by atoms with Crippen LogP contribution in [0.5, 0.6) is 0 Å². The van der Waals surface area contributed by atoms with Crippen molar-refractivity contribution >= 4 is 26.6 Å². The quantitative estimate of drug-likeness (QED) is 0.755. The molecule has 0 bridgehead atoms. The molecular formula is C15H18FN3O4S. The number of carbonyl (C=O) groups is 1. The van der Waals surface area contributed by atoms with Gasteiger partial charge in [0.1, 0.15) is 11.1 Å². The van der Waals surface area contributed by atoms with E-state index in [0.717, 1.165) is 6.07 Å². The summed E-state index contributed by atoms with van der Waals surface area (Å²) >= 11 is 0. The van der Waals surface area contributed by atoms with E-state index in [1.54, 1.807) is 6.92 Å². The fourth-order valence-corrected chi connectivity index (χ4v) is 5.02. The smallest absolute Gasteiger partial charge is 0.251 e. The Bertz CT molecular complexity index is 932. The number of aromatic nitrogens is 2. The molecule has 1 aromatic carbocycles. The maximum absolute atomic E-state index is 14.2. The Morgan fingerprint density at radius 2 is 2.04 bits per heavy atom. The lowest BCUT2D eigenvalue weighted by Gasteiger charge is -2.38. The van der Waals surface area contributed by atoms with Crippen LogP contribution in [0.3, 0.4) is 0 Å². The van der Waals surface area contributed by atoms with Crippen molar-refractivity contribution in [1.82, 2.24) is 15.5 Å². The van der Waals surface area contributed by atoms with Gasteiger partial charge in [-0.05, 0) is 32.9 Å². The molecule has 1 aliphatic rings. The van der Waals surface area contributed by atoms with Gasteiger partial charge in [-0.1, -0.05) is 0 Å². The van der Waals surface area contributed by atoms with E-state index in [0.29, 0.717) is 11.1 Å². The van der Waals surface area contributed by atoms with Gasteiger partial charge in [0.15, 0.2) is 15.7 Å². The molecule has 1 aromatic heterocycles. The van der Waals surface area contributed by atoms with Gasteiger partial charge < -0.3 is 10.4 Å². The molecule has 0 atom stereocenters. The number of nitrogens with one attached hydrogen (secondary N) is 2. The SMILES string of the molecule is CC1(NC(=O)c2cc(F)c3n[nH]c(C(C)(C)O)c3c2)CS(=O)(=O)C1. The highest BCUT2D eigenvalue weighted by Crippen LogP contribution is 2.29. The summed E-state index contributed by atoms with van der Waals surface area (Å²) < 4.78 is 36.9. The van der Waals surface area contributed by atoms with E-state index in [2.05, 4.69) is 15.5 Å². The maximum atomic E-state index is 14.2. The molecular weight excluding hydrogens is 337 g/mol. The van der Waals surface area contributed by atoms with Gasteiger partial charge in [0.05, 0.1) is 22.7 Å². The number of carbonyl (C=O) groups excluding carboxylic acids is 1. The molecule has 2 heterocycles. The summed E-state index contributed by atoms with van der Waals surface area (Å²) in [6.07, 6.45) is 0. The monoisotopic (exact) mass is 355 g/mol. The van der Waals surface area contributed by atoms with E-state index in [9.17, 15) is 22.7 Å². The minimum absolute atomic E-state index is 0.0288. The molecule has 3 N–H and O–H groups in total. The van der Waals surface area contributed by atoms with Crippen molar-refractivity contribution in [2.75, 3.05) is 11.5 Å². The molecule has 7 nitrogen and oxygen atoms in total. The number of H-pyrrole nitrogens is 1. The third-order valence-electron chi connectivity index (χ3n) is 3.98. The van der Waals surface area contributed by atoms with Crippen LogP contribution in [-0.4, -0.2) is 46.7 Å². The average molecular weight is 355 g/mol. The molecule has 1 fully saturated rings. The van der Waals surface area contributed by atoms with Crippen molar-refractivity contribution in [3.05, 3.63) is 29.2 Å². The Morgan fingerprint density at radius 3 is 2.58 bits per heavy atom. The molecule has 130 valence electrons. The van der Waals surface area contributed by atoms with Crippen molar-refractivity contribution in [3.8, 4) is 0 Å². The topological polar surface area (TPSA) is 112 Å². The van der Waals surface area contributed by atoms with Gasteiger partial charge in [-0.2, -0.15) is 5.10 Å². The van der Waals surface area contributed by atoms with E-state index in [1.807, 2.05) is 0 Å². The number of sulfone groups is 1. The van der Waals surface area contributed by atoms with Gasteiger partial charge in [-0.3, -0.25) is 9.89 Å². The Morgan fingerprint density at radius 1 is 1.42 bits per heavy atom. The summed E-state index contributed by atoms with van der Waals surface area (Å²) in [4.78, 5) is 12.4. The molecule has 0 unspecified atom stereocenters. The number of aromatic amines is 1. The number of benzene rings is 1. The number of aliphatic hydroxyl groups is 1. The first-order valence-electron chi connectivity index (χ1n) is 7.34. The lowest BCUT2D eigenvalue weighted by molar-refractivity contribution is 0.0752. The zero-order valence-corrected chi connectivity index (χ0v) is 14.3. The predicted octanol–water partition coefficient (Wildman–Crippen LogP) is 0.846. The molecule has 0 aliphatic carbocycles. The molecule has 3 rings (SSSR count). The zero-order valence-electron chi connectivity index (χ0n) is 13.5. The van der Waals surface area contributed by atoms with Crippen LogP contribution in [0.4, 0.5) is 4.39 Å². The van der Waals surface area contributed by atoms with Crippen LogP contribution in [0.1, 0.15) is 36.8 Å². The van der Waals surface area contributed by atoms with Crippen LogP contribution >= 0.6 is 0 Å². The Kier molecular flexibility index (Phi) is 3.51. The lowest BCUT2D eigenvalue weighted by atomic mass is 9.99. The molecule has 24 heavy (non-hydrogen) atoms. The molecule has 1 saturated heterocycles. The Hall–Kier alpha value is -2.00. The average Bonchev–Trinajstić information content (AvgIpc) is 2.79. The van der Waals surface area contributed by atoms with E-state index < -0.39 is 32.7 Å². The van der Waals surface area contributed by atoms with Crippen LogP contribution < -0.4 is 5.32 Å². The molecule has 2 aromatic rings. The third-order valence-corrected chi connectivity index (χ3v) is 6.13. The number of amides is 1. The number of hydrogen-bond donors (Lipinski definition) is 3. The van der Waals surface area contributed by atoms with Crippen LogP contribution in [0.15, 0.2) is 12.1 Å². The zero-order chi connectivity index (χ0) is 17.9. The van der Waals surface area contributed by atoms with Gasteiger partial charge in [0.2, 0.25) is 0 Å². The van der Waals surface area contributed by atoms with Gasteiger partial charge in [0, 0.05) is 10.9 Å². The molecule has 0 saturated carbocycles. The van der Waals surface area contributed by atoms with Gasteiger partial charge in [-0.15, -0.1) is 0 Å². The molecule has 1 amide bonds. The molecule has 0 spiro atoms. The molecule has 1 aliphatic heterocycles. The van der Waals surface area contributed by atoms with Crippen LogP contribution in [0.25, 0.3) is 10.9 Å². The lowest BCUT2D eigenvalue weighted by Crippen LogP contribution is -2.63. The van der Waals surface area contributed by atoms with Crippen LogP contribution in [0.2, 0.25) is 0 Å². The second kappa shape index (κ2) is 5.00. The highest BCUT2D eigenvalue weighted by molar-refractivity contribution is 7.93. The first-order chi connectivity index (χ1) is 10.9. The highest BCUT2D eigenvalue weighted by atomic mass is 32.2. The minimum Gasteiger partial charge on any atom is -0.384 e. The number of rotatable bonds is 3. The van der Waals surface area contributed by atoms with Crippen molar-refractivity contribution in [2.24, 2.45) is 0 Å². The normalized spacial score (nSPS) is 19.0. The number of nitrogens with zero attached hydrogens (tertiary/aromatic N) is 1. The number of halogens is 1. The predicted molar refractivity (Wildman–Crippen MR) is 85.8 cm³/mol. The highest BCUT2D eigenvalue weighted by Gasteiger charge is 2.45. The summed E-state index contributed by atoms with van der Waals surface area (Å²) in [5.74, 6) is -1.55. The van der Waals surface area contributed by atoms with Gasteiger partial charge in [0.25, 0.3) is 5.91 Å². The number of fused-ring (bicyclic) bond motifs is 1. The summed E-state index contributed by atoms with van der Waals surface area (Å²) in [7, 11) is -3.11. The number of hydrogen-bond acceptors (Lipinski definition) is 5. The Labute approximate surface area is 138 Å². The fraction of sp³-hybridized carbons (Fsp3) is 0.467. The summed E-state index contributed by atoms with van der Waals surface area (Å²) in [6.45, 7) is 4.66. The summed E-state index contributed by atoms with van der Waals surface area (Å²) in [5, 5.41) is 19.5. The van der Waals surface area contributed by atoms with E-state index in [-0.39, 0.29) is 22.6 Å².